The number of hydrogen-bond acceptors (Lipinski definition) is 5. The molecule has 3 rings (SSSR count). The Hall–Kier alpha value is -2.14. The third kappa shape index (κ3) is 3.13. The van der Waals surface area contributed by atoms with Gasteiger partial charge in [0.1, 0.15) is 11.6 Å². The van der Waals surface area contributed by atoms with Crippen LogP contribution in [0.4, 0.5) is 11.6 Å². The summed E-state index contributed by atoms with van der Waals surface area (Å²) in [6, 6.07) is 11.7. The van der Waals surface area contributed by atoms with Crippen LogP contribution in [0.25, 0.3) is 11.4 Å². The van der Waals surface area contributed by atoms with Crippen LogP contribution < -0.4 is 10.6 Å². The van der Waals surface area contributed by atoms with Crippen molar-refractivity contribution in [2.75, 3.05) is 30.3 Å². The molecule has 1 aromatic carbocycles. The number of aromatic nitrogens is 2. The molecule has 3 N–H and O–H groups in total. The van der Waals surface area contributed by atoms with Gasteiger partial charge in [-0.1, -0.05) is 30.3 Å². The summed E-state index contributed by atoms with van der Waals surface area (Å²) in [7, 11) is 0. The minimum Gasteiger partial charge on any atom is -0.396 e. The van der Waals surface area contributed by atoms with E-state index < -0.39 is 0 Å². The largest absolute Gasteiger partial charge is 0.396 e. The van der Waals surface area contributed by atoms with Gasteiger partial charge in [0.2, 0.25) is 0 Å². The van der Waals surface area contributed by atoms with Gasteiger partial charge in [0, 0.05) is 31.3 Å². The first kappa shape index (κ1) is 13.8. The molecular weight excluding hydrogens is 264 g/mol. The smallest absolute Gasteiger partial charge is 0.163 e. The van der Waals surface area contributed by atoms with Crippen LogP contribution in [-0.4, -0.2) is 34.8 Å². The first-order valence-corrected chi connectivity index (χ1v) is 7.32. The normalized spacial score (nSPS) is 18.1. The SMILES string of the molecule is Nc1cc(N2CCC(CCO)C2)nc(-c2ccccc2)n1. The molecule has 5 nitrogen and oxygen atoms in total. The second-order valence-corrected chi connectivity index (χ2v) is 5.45. The second-order valence-electron chi connectivity index (χ2n) is 5.45. The summed E-state index contributed by atoms with van der Waals surface area (Å²) in [5, 5.41) is 9.06. The van der Waals surface area contributed by atoms with E-state index in [1.807, 2.05) is 36.4 Å². The van der Waals surface area contributed by atoms with Gasteiger partial charge in [0.25, 0.3) is 0 Å². The zero-order chi connectivity index (χ0) is 14.7. The van der Waals surface area contributed by atoms with Crippen molar-refractivity contribution in [3.05, 3.63) is 36.4 Å². The number of nitrogens with two attached hydrogens (primary N) is 1. The van der Waals surface area contributed by atoms with Crippen molar-refractivity contribution in [1.29, 1.82) is 0 Å². The summed E-state index contributed by atoms with van der Waals surface area (Å²) in [4.78, 5) is 11.2. The third-order valence-corrected chi connectivity index (χ3v) is 3.91. The van der Waals surface area contributed by atoms with E-state index in [1.165, 1.54) is 0 Å². The quantitative estimate of drug-likeness (QED) is 0.897. The molecule has 1 saturated heterocycles. The Morgan fingerprint density at radius 2 is 2.05 bits per heavy atom. The van der Waals surface area contributed by atoms with Crippen molar-refractivity contribution in [2.45, 2.75) is 12.8 Å². The molecule has 110 valence electrons. The standard InChI is InChI=1S/C16H20N4O/c17-14-10-15(20-8-6-12(11-20)7-9-21)19-16(18-14)13-4-2-1-3-5-13/h1-5,10,12,21H,6-9,11H2,(H2,17,18,19). The lowest BCUT2D eigenvalue weighted by atomic mass is 10.1. The van der Waals surface area contributed by atoms with Crippen LogP contribution in [0, 0.1) is 5.92 Å². The van der Waals surface area contributed by atoms with Crippen LogP contribution in [-0.2, 0) is 0 Å². The maximum atomic E-state index is 9.06. The minimum absolute atomic E-state index is 0.250. The highest BCUT2D eigenvalue weighted by molar-refractivity contribution is 5.61. The molecule has 0 aliphatic carbocycles. The number of hydrogen-bond donors (Lipinski definition) is 2. The van der Waals surface area contributed by atoms with Gasteiger partial charge in [-0.25, -0.2) is 9.97 Å². The molecular formula is C16H20N4O. The van der Waals surface area contributed by atoms with Gasteiger partial charge in [0.05, 0.1) is 0 Å². The Labute approximate surface area is 124 Å². The van der Waals surface area contributed by atoms with Crippen molar-refractivity contribution in [3.63, 3.8) is 0 Å². The number of rotatable bonds is 4. The molecule has 2 heterocycles. The molecule has 1 atom stereocenters. The number of nitrogen functional groups attached to an aromatic ring is 1. The average Bonchev–Trinajstić information content (AvgIpc) is 2.97. The lowest BCUT2D eigenvalue weighted by molar-refractivity contribution is 0.263. The van der Waals surface area contributed by atoms with Crippen LogP contribution in [0.5, 0.6) is 0 Å². The monoisotopic (exact) mass is 284 g/mol. The Balaban J connectivity index is 1.85. The Morgan fingerprint density at radius 1 is 1.24 bits per heavy atom. The van der Waals surface area contributed by atoms with Crippen LogP contribution in [0.2, 0.25) is 0 Å². The van der Waals surface area contributed by atoms with Crippen LogP contribution in [0.1, 0.15) is 12.8 Å². The van der Waals surface area contributed by atoms with E-state index >= 15 is 0 Å². The number of nitrogens with zero attached hydrogens (tertiary/aromatic N) is 3. The lowest BCUT2D eigenvalue weighted by Gasteiger charge is -2.18. The van der Waals surface area contributed by atoms with Gasteiger partial charge in [-0.05, 0) is 18.8 Å². The number of anilines is 2. The number of benzene rings is 1. The van der Waals surface area contributed by atoms with Gasteiger partial charge in [-0.3, -0.25) is 0 Å². The summed E-state index contributed by atoms with van der Waals surface area (Å²) in [5.74, 6) is 2.56. The number of aliphatic hydroxyl groups excluding tert-OH is 1. The predicted molar refractivity (Wildman–Crippen MR) is 83.9 cm³/mol. The third-order valence-electron chi connectivity index (χ3n) is 3.91. The zero-order valence-corrected chi connectivity index (χ0v) is 11.9. The van der Waals surface area contributed by atoms with E-state index in [4.69, 9.17) is 10.8 Å². The van der Waals surface area contributed by atoms with Crippen molar-refractivity contribution >= 4 is 11.6 Å². The van der Waals surface area contributed by atoms with Crippen LogP contribution in [0.15, 0.2) is 36.4 Å². The molecule has 1 fully saturated rings. The van der Waals surface area contributed by atoms with Crippen molar-refractivity contribution in [3.8, 4) is 11.4 Å². The highest BCUT2D eigenvalue weighted by atomic mass is 16.3. The van der Waals surface area contributed by atoms with E-state index in [-0.39, 0.29) is 6.61 Å². The molecule has 1 aliphatic rings. The summed E-state index contributed by atoms with van der Waals surface area (Å²) in [5.41, 5.74) is 6.91. The number of aliphatic hydroxyl groups is 1. The minimum atomic E-state index is 0.250. The maximum absolute atomic E-state index is 9.06. The summed E-state index contributed by atoms with van der Waals surface area (Å²) in [6.45, 7) is 2.13. The molecule has 21 heavy (non-hydrogen) atoms. The fraction of sp³-hybridized carbons (Fsp3) is 0.375. The summed E-state index contributed by atoms with van der Waals surface area (Å²) in [6.07, 6.45) is 1.94. The molecule has 0 saturated carbocycles. The first-order chi connectivity index (χ1) is 10.3. The van der Waals surface area contributed by atoms with Gasteiger partial charge in [-0.15, -0.1) is 0 Å². The van der Waals surface area contributed by atoms with E-state index in [0.717, 1.165) is 37.3 Å². The van der Waals surface area contributed by atoms with E-state index in [2.05, 4.69) is 14.9 Å². The molecule has 0 amide bonds. The molecule has 1 unspecified atom stereocenters. The molecule has 0 bridgehead atoms. The van der Waals surface area contributed by atoms with E-state index in [0.29, 0.717) is 17.6 Å². The topological polar surface area (TPSA) is 75.3 Å². The Kier molecular flexibility index (Phi) is 4.01. The molecule has 1 aromatic heterocycles. The summed E-state index contributed by atoms with van der Waals surface area (Å²) >= 11 is 0. The van der Waals surface area contributed by atoms with Gasteiger partial charge in [0.15, 0.2) is 5.82 Å². The van der Waals surface area contributed by atoms with E-state index in [9.17, 15) is 0 Å². The summed E-state index contributed by atoms with van der Waals surface area (Å²) < 4.78 is 0. The molecule has 5 heteroatoms. The zero-order valence-electron chi connectivity index (χ0n) is 11.9. The predicted octanol–water partition coefficient (Wildman–Crippen LogP) is 1.93. The highest BCUT2D eigenvalue weighted by Gasteiger charge is 2.23. The highest BCUT2D eigenvalue weighted by Crippen LogP contribution is 2.27. The maximum Gasteiger partial charge on any atom is 0.163 e. The van der Waals surface area contributed by atoms with Crippen molar-refractivity contribution in [2.24, 2.45) is 5.92 Å². The molecule has 2 aromatic rings. The Bertz CT molecular complexity index is 602. The molecule has 0 radical (unpaired) electrons. The van der Waals surface area contributed by atoms with Crippen LogP contribution >= 0.6 is 0 Å². The van der Waals surface area contributed by atoms with Gasteiger partial charge < -0.3 is 15.7 Å². The lowest BCUT2D eigenvalue weighted by Crippen LogP contribution is -2.21. The van der Waals surface area contributed by atoms with Gasteiger partial charge >= 0.3 is 0 Å². The van der Waals surface area contributed by atoms with Crippen molar-refractivity contribution in [1.82, 2.24) is 9.97 Å². The molecule has 1 aliphatic heterocycles. The van der Waals surface area contributed by atoms with Crippen LogP contribution in [0.3, 0.4) is 0 Å². The first-order valence-electron chi connectivity index (χ1n) is 7.32. The molecule has 0 spiro atoms. The van der Waals surface area contributed by atoms with Gasteiger partial charge in [-0.2, -0.15) is 0 Å². The Morgan fingerprint density at radius 3 is 2.81 bits per heavy atom. The van der Waals surface area contributed by atoms with Crippen molar-refractivity contribution < 1.29 is 5.11 Å². The second kappa shape index (κ2) is 6.10. The fourth-order valence-electron chi connectivity index (χ4n) is 2.79. The average molecular weight is 284 g/mol. The van der Waals surface area contributed by atoms with E-state index in [1.54, 1.807) is 0 Å². The fourth-order valence-corrected chi connectivity index (χ4v) is 2.79.